The predicted octanol–water partition coefficient (Wildman–Crippen LogP) is 1.94. The Morgan fingerprint density at radius 2 is 0.953 bits per heavy atom. The molecule has 3 aromatic heterocycles. The molecule has 827 valence electrons. The normalized spacial score (nSPS) is 26.9. The second-order valence-corrected chi connectivity index (χ2v) is 65.4. The van der Waals surface area contributed by atoms with E-state index in [0.29, 0.717) is 67.5 Å². The Hall–Kier alpha value is -8.37. The van der Waals surface area contributed by atoms with Crippen molar-refractivity contribution in [2.75, 3.05) is 145 Å². The molecule has 10 heterocycles. The summed E-state index contributed by atoms with van der Waals surface area (Å²) < 4.78 is 50.4. The minimum absolute atomic E-state index is 0.00242. The summed E-state index contributed by atoms with van der Waals surface area (Å²) in [7, 11) is 6.26. The fourth-order valence-corrected chi connectivity index (χ4v) is 23.5. The fourth-order valence-electron chi connectivity index (χ4n) is 18.2. The molecule has 42 nitrogen and oxygen atoms in total. The third-order valence-electron chi connectivity index (χ3n) is 26.7. The Kier molecular flexibility index (Phi) is 44.3. The number of hydrogen-bond acceptors (Lipinski definition) is 32. The van der Waals surface area contributed by atoms with Crippen molar-refractivity contribution in [3.8, 4) is 11.1 Å². The average molecular weight is 2250 g/mol. The van der Waals surface area contributed by atoms with Crippen LogP contribution in [0.4, 0.5) is 9.59 Å². The number of esters is 1. The standard InChI is InChI=1S/C34H42N2O9P.C19H33N2O6P.C17H27N2O6P.C16H25N2O6P.C15H25N3O4PSe/c1-20(33(41)45-34(42)43-18-26-23-12-8-6-10-21(23)22-11-7-9-13-24(22)26)14-15-25-30(39)35(2)19-36(31(25)40)32-29(38)28(37)27(44-32)16-17-46(3,4)5;1-12(18(24)25)6-8-21-11-13(10-20(2)19(21)26)17-16(23)15(22)14(27-17)7-9-28(3,4)5;1-10(20)8-11-9-19(17(23)18-15(11)22)16-14(24-2)13(21)12(25-16)6-7-26(3,4)5;1-9(19)7-10-8-18(16(23)17-14(10)22)15-13(21)12(20)11(24-15)5-6-25(2,3)4;1-16-7-9-8-18(15(24)17-13(9)21)14-12(20)11(19)10(22-14)5-6-23(2,3)4/h6-13,19-20,25-29,32,37-38H,3,14-18H2,1-2,4-5H3;10,12,14-17,22-23H,3,6-9,11H2,1-2,4-5H3,(H,24,25);9,12-14,16,21H,3,6-8H2,1-2,4-5H3,(H,18,22,23);8,11-13,15,20-21H,2,5-7H2,1,3-4H3,(H,17,22,23);8,10-12,14,16,19-20H,2,5-7H2,1,3-4H3/q+1;;;;/t20?,25?,27-,28-,29-,32-;12?,14-,15-,16-,17+;12-,13-,14-,16-;11-,12-,13-,15-;10-,11-,12-,14-/m11111/s1. The van der Waals surface area contributed by atoms with Crippen molar-refractivity contribution in [2.45, 2.75) is 227 Å². The second kappa shape index (κ2) is 53.2. The number of ether oxygens (including phenoxy) is 8. The Morgan fingerprint density at radius 1 is 0.544 bits per heavy atom. The van der Waals surface area contributed by atoms with Gasteiger partial charge >= 0.3 is 197 Å². The maximum atomic E-state index is 13.5. The number of nitrogens with one attached hydrogen (secondary N) is 3. The van der Waals surface area contributed by atoms with Gasteiger partial charge in [0, 0.05) is 75.7 Å². The van der Waals surface area contributed by atoms with Crippen LogP contribution in [-0.4, -0.2) is 450 Å². The molecule has 0 bridgehead atoms. The number of hydrogen-bond donors (Lipinski definition) is 13. The van der Waals surface area contributed by atoms with Crippen LogP contribution in [0.5, 0.6) is 0 Å². The number of aromatic nitrogens is 6. The van der Waals surface area contributed by atoms with Crippen LogP contribution in [0.25, 0.3) is 11.1 Å². The third kappa shape index (κ3) is 33.8. The van der Waals surface area contributed by atoms with Crippen LogP contribution in [0.1, 0.15) is 131 Å². The summed E-state index contributed by atoms with van der Waals surface area (Å²) in [4.78, 5) is 170. The Labute approximate surface area is 876 Å². The molecule has 3 unspecified atom stereocenters. The summed E-state index contributed by atoms with van der Waals surface area (Å²) in [5.74, 6) is -5.97. The second-order valence-electron chi connectivity index (χ2n) is 43.0. The van der Waals surface area contributed by atoms with Crippen LogP contribution in [0.15, 0.2) is 103 Å². The van der Waals surface area contributed by atoms with Crippen molar-refractivity contribution in [2.24, 2.45) is 17.8 Å². The molecule has 5 aromatic rings. The van der Waals surface area contributed by atoms with Crippen LogP contribution in [0, 0.1) is 17.8 Å². The summed E-state index contributed by atoms with van der Waals surface area (Å²) in [5, 5.41) is 106. The van der Waals surface area contributed by atoms with Gasteiger partial charge in [0.2, 0.25) is 6.23 Å². The van der Waals surface area contributed by atoms with E-state index in [-0.39, 0.29) is 79.0 Å². The van der Waals surface area contributed by atoms with E-state index in [1.165, 1.54) is 60.8 Å². The summed E-state index contributed by atoms with van der Waals surface area (Å²) >= 11 is 2.72. The van der Waals surface area contributed by atoms with Crippen LogP contribution < -0.4 is 38.1 Å². The van der Waals surface area contributed by atoms with Gasteiger partial charge in [-0.15, -0.1) is 52.7 Å². The summed E-state index contributed by atoms with van der Waals surface area (Å²) in [5.41, 5.74) is 2.61. The number of rotatable bonds is 37. The molecule has 13 rings (SSSR count). The van der Waals surface area contributed by atoms with E-state index in [9.17, 15) is 108 Å². The molecule has 5 saturated heterocycles. The molecule has 8 aliphatic rings. The van der Waals surface area contributed by atoms with E-state index >= 15 is 0 Å². The maximum absolute atomic E-state index is 13.5. The van der Waals surface area contributed by atoms with Crippen LogP contribution in [0.2, 0.25) is 0 Å². The minimum atomic E-state index is -1.41. The summed E-state index contributed by atoms with van der Waals surface area (Å²) in [6, 6.07) is 15.5. The summed E-state index contributed by atoms with van der Waals surface area (Å²) in [6.45, 7) is 21.1. The third-order valence-corrected chi connectivity index (χ3v) is 34.7. The first-order valence-electron chi connectivity index (χ1n) is 49.2. The van der Waals surface area contributed by atoms with Crippen molar-refractivity contribution < 1.29 is 132 Å². The molecule has 48 heteroatoms. The Morgan fingerprint density at radius 3 is 1.40 bits per heavy atom. The molecule has 149 heavy (non-hydrogen) atoms. The molecule has 7 aliphatic heterocycles. The molecule has 4 amide bonds. The zero-order valence-corrected chi connectivity index (χ0v) is 94.3. The number of carbonyl (C=O) groups excluding carboxylic acids is 7. The molecule has 23 atom stereocenters. The van der Waals surface area contributed by atoms with Gasteiger partial charge in [-0.1, -0.05) is 62.4 Å². The van der Waals surface area contributed by atoms with Crippen molar-refractivity contribution in [1.82, 2.24) is 48.7 Å². The number of H-pyrrole nitrogens is 2. The van der Waals surface area contributed by atoms with E-state index in [0.717, 1.165) is 62.5 Å². The number of ketones is 2. The number of aliphatic carboxylic acids is 1. The Balaban J connectivity index is 0.000000213. The molecule has 13 N–H and O–H groups in total. The van der Waals surface area contributed by atoms with Gasteiger partial charge in [0.05, 0.1) is 43.3 Å². The predicted molar refractivity (Wildman–Crippen MR) is 580 cm³/mol. The Bertz CT molecular complexity index is 6230. The number of carboxylic acids is 1. The number of fused-ring (bicyclic) bond motifs is 3. The number of amides is 4. The van der Waals surface area contributed by atoms with E-state index in [4.69, 9.17) is 43.0 Å². The number of Topliss-reactive ketones (excluding diaryl/α,β-unsaturated/α-hetero) is 2. The zero-order chi connectivity index (χ0) is 111. The number of nitrogens with zero attached hydrogens (tertiary/aromatic N) is 8. The van der Waals surface area contributed by atoms with Crippen molar-refractivity contribution in [3.05, 3.63) is 159 Å². The van der Waals surface area contributed by atoms with Gasteiger partial charge in [-0.2, -0.15) is 4.90 Å². The van der Waals surface area contributed by atoms with Gasteiger partial charge < -0.3 is 83.8 Å². The van der Waals surface area contributed by atoms with Gasteiger partial charge in [0.25, 0.3) is 17.5 Å². The van der Waals surface area contributed by atoms with Crippen molar-refractivity contribution in [1.29, 1.82) is 0 Å². The first-order valence-corrected chi connectivity index (χ1v) is 65.3. The monoisotopic (exact) mass is 2250 g/mol. The number of carboxylic acid groups (broad SMARTS) is 1. The first-order chi connectivity index (χ1) is 69.3. The van der Waals surface area contributed by atoms with E-state index in [1.807, 2.05) is 48.5 Å². The van der Waals surface area contributed by atoms with Crippen LogP contribution >= 0.6 is 34.4 Å². The molecule has 5 fully saturated rings. The van der Waals surface area contributed by atoms with Gasteiger partial charge in [0.1, 0.15) is 73.1 Å². The van der Waals surface area contributed by atoms with Gasteiger partial charge in [0.15, 0.2) is 18.4 Å². The number of aliphatic hydroxyl groups is 9. The number of aliphatic hydroxyl groups excluding tert-OH is 9. The molecule has 0 spiro atoms. The topological polar surface area (TPSA) is 582 Å². The molecular formula is C101H152N11O31P5Se+. The van der Waals surface area contributed by atoms with Gasteiger partial charge in [-0.05, 0) is 165 Å². The molecule has 0 saturated carbocycles. The average Bonchev–Trinajstić information content (AvgIpc) is 1.62. The number of methoxy groups -OCH3 is 1. The first kappa shape index (κ1) is 124. The molecule has 2 aromatic carbocycles. The van der Waals surface area contributed by atoms with Crippen LogP contribution in [-0.2, 0) is 86.0 Å². The molecular weight excluding hydrogens is 2100 g/mol. The molecule has 1 radical (unpaired) electrons. The van der Waals surface area contributed by atoms with E-state index in [2.05, 4.69) is 134 Å². The zero-order valence-electron chi connectivity index (χ0n) is 88.1. The molecule has 1 aliphatic carbocycles. The SMILES string of the molecule is C=P(C)(C)CC[C@H]1O[C@@H](C2=CN(C)C(=O)N(CCC(C)C(=O)O)C2)[C@H](O)[C@@H]1O.C=P(C)(C)CC[C@H]1O[C@@H](N2C=[N+](C)C(=O)C(CCC(C)C(=O)OC(=O)OCC3c4ccccc4-c4ccccc43)C2=O)[C@H](O)[C@@H]1O.C=P(C)(C)CC[C@H]1O[C@@H](n2cc(CC(C)=O)c(=O)[nH]c2=O)[C@H](O)[C@@H]1O.C=P(C)(C)CC[C@H]1O[C@@H](n2cc(CC(C)=O)c(=O)[nH]c2=O)[C@H](OC)[C@@H]1O.C=P(C)(C)CC[C@H]1O[C@@H](n2cc(CNC)c(=O)nc2[Se])[C@H](O)[C@@H]1O. The van der Waals surface area contributed by atoms with Gasteiger partial charge in [-0.3, -0.25) is 47.9 Å². The quantitative estimate of drug-likeness (QED) is 0.00888. The fraction of sp³-hybridized carbons (Fsp3) is 0.604. The number of benzene rings is 2. The van der Waals surface area contributed by atoms with E-state index < -0.39 is 227 Å². The van der Waals surface area contributed by atoms with Crippen molar-refractivity contribution >= 4 is 141 Å². The van der Waals surface area contributed by atoms with Crippen LogP contribution in [0.3, 0.4) is 0 Å². The van der Waals surface area contributed by atoms with Gasteiger partial charge in [-0.25, -0.2) is 33.3 Å². The van der Waals surface area contributed by atoms with E-state index in [1.54, 1.807) is 49.8 Å². The number of aromatic amines is 2. The van der Waals surface area contributed by atoms with Crippen molar-refractivity contribution in [3.63, 3.8) is 0 Å². The summed E-state index contributed by atoms with van der Waals surface area (Å²) in [6.07, 6.45) is 15.5. The number of carbonyl (C=O) groups is 8. The number of urea groups is 1.